The number of carbonyl (C=O) groups excluding carboxylic acids is 3. The fourth-order valence-corrected chi connectivity index (χ4v) is 2.90. The minimum atomic E-state index is -0.757. The number of halogens is 1. The molecule has 2 atom stereocenters. The minimum absolute atomic E-state index is 0.112. The van der Waals surface area contributed by atoms with Gasteiger partial charge in [0, 0.05) is 6.42 Å². The maximum absolute atomic E-state index is 13.2. The van der Waals surface area contributed by atoms with Gasteiger partial charge in [0.05, 0.1) is 26.2 Å². The molecule has 1 aliphatic heterocycles. The minimum Gasteiger partial charge on any atom is -0.467 e. The molecule has 1 aromatic rings. The Morgan fingerprint density at radius 1 is 1.33 bits per heavy atom. The average molecular weight is 337 g/mol. The standard InChI is InChI=1S/C17H20FNO5/c1-3-24-16(21)10-14(11-4-6-12(18)7-5-11)19-13(17(22)23-2)8-9-15(19)20/h4-7,13-14H,3,8-10H2,1-2H3. The molecular formula is C17H20FNO5. The molecule has 0 N–H and O–H groups in total. The molecule has 24 heavy (non-hydrogen) atoms. The highest BCUT2D eigenvalue weighted by molar-refractivity contribution is 5.89. The summed E-state index contributed by atoms with van der Waals surface area (Å²) in [5, 5.41) is 0. The first-order chi connectivity index (χ1) is 11.5. The van der Waals surface area contributed by atoms with Gasteiger partial charge < -0.3 is 14.4 Å². The van der Waals surface area contributed by atoms with Gasteiger partial charge in [-0.15, -0.1) is 0 Å². The van der Waals surface area contributed by atoms with Crippen molar-refractivity contribution in [2.24, 2.45) is 0 Å². The molecule has 1 heterocycles. The third kappa shape index (κ3) is 3.90. The van der Waals surface area contributed by atoms with Crippen molar-refractivity contribution in [2.75, 3.05) is 13.7 Å². The summed E-state index contributed by atoms with van der Waals surface area (Å²) in [5.74, 6) is -1.69. The summed E-state index contributed by atoms with van der Waals surface area (Å²) in [7, 11) is 1.25. The summed E-state index contributed by atoms with van der Waals surface area (Å²) >= 11 is 0. The van der Waals surface area contributed by atoms with E-state index in [4.69, 9.17) is 9.47 Å². The lowest BCUT2D eigenvalue weighted by atomic mass is 10.0. The van der Waals surface area contributed by atoms with Crippen molar-refractivity contribution in [3.63, 3.8) is 0 Å². The van der Waals surface area contributed by atoms with Gasteiger partial charge in [-0.1, -0.05) is 12.1 Å². The fraction of sp³-hybridized carbons (Fsp3) is 0.471. The normalized spacial score (nSPS) is 18.4. The lowest BCUT2D eigenvalue weighted by molar-refractivity contribution is -0.153. The number of methoxy groups -OCH3 is 1. The Morgan fingerprint density at radius 2 is 2.00 bits per heavy atom. The van der Waals surface area contributed by atoms with Crippen molar-refractivity contribution >= 4 is 17.8 Å². The molecule has 1 saturated heterocycles. The zero-order valence-electron chi connectivity index (χ0n) is 13.7. The van der Waals surface area contributed by atoms with E-state index in [0.29, 0.717) is 12.0 Å². The number of benzene rings is 1. The number of esters is 2. The first-order valence-corrected chi connectivity index (χ1v) is 7.78. The molecule has 0 spiro atoms. The summed E-state index contributed by atoms with van der Waals surface area (Å²) in [4.78, 5) is 37.6. The third-order valence-corrected chi connectivity index (χ3v) is 3.98. The van der Waals surface area contributed by atoms with Gasteiger partial charge in [0.25, 0.3) is 0 Å². The van der Waals surface area contributed by atoms with Gasteiger partial charge in [0.1, 0.15) is 11.9 Å². The van der Waals surface area contributed by atoms with Gasteiger partial charge in [0.2, 0.25) is 5.91 Å². The monoisotopic (exact) mass is 337 g/mol. The van der Waals surface area contributed by atoms with Gasteiger partial charge in [-0.05, 0) is 31.0 Å². The van der Waals surface area contributed by atoms with Crippen LogP contribution < -0.4 is 0 Å². The lowest BCUT2D eigenvalue weighted by Gasteiger charge is -2.31. The molecule has 0 radical (unpaired) electrons. The number of nitrogens with zero attached hydrogens (tertiary/aromatic N) is 1. The molecule has 130 valence electrons. The molecule has 1 aliphatic rings. The van der Waals surface area contributed by atoms with Crippen LogP contribution in [-0.2, 0) is 23.9 Å². The third-order valence-electron chi connectivity index (χ3n) is 3.98. The number of amides is 1. The predicted molar refractivity (Wildman–Crippen MR) is 82.3 cm³/mol. The molecule has 0 saturated carbocycles. The van der Waals surface area contributed by atoms with Crippen molar-refractivity contribution < 1.29 is 28.2 Å². The first kappa shape index (κ1) is 17.9. The largest absolute Gasteiger partial charge is 0.467 e. The average Bonchev–Trinajstić information content (AvgIpc) is 2.94. The molecule has 7 heteroatoms. The van der Waals surface area contributed by atoms with Crippen LogP contribution >= 0.6 is 0 Å². The van der Waals surface area contributed by atoms with E-state index in [9.17, 15) is 18.8 Å². The Balaban J connectivity index is 2.36. The van der Waals surface area contributed by atoms with Crippen LogP contribution in [-0.4, -0.2) is 42.5 Å². The molecule has 2 unspecified atom stereocenters. The summed E-state index contributed by atoms with van der Waals surface area (Å²) in [6.07, 6.45) is 0.408. The molecule has 1 amide bonds. The van der Waals surface area contributed by atoms with E-state index in [1.807, 2.05) is 0 Å². The SMILES string of the molecule is CCOC(=O)CC(c1ccc(F)cc1)N1C(=O)CCC1C(=O)OC. The van der Waals surface area contributed by atoms with Crippen molar-refractivity contribution in [3.8, 4) is 0 Å². The maximum atomic E-state index is 13.2. The Hall–Kier alpha value is -2.44. The van der Waals surface area contributed by atoms with Crippen LogP contribution in [0.1, 0.15) is 37.8 Å². The van der Waals surface area contributed by atoms with Crippen molar-refractivity contribution in [2.45, 2.75) is 38.3 Å². The van der Waals surface area contributed by atoms with Crippen LogP contribution in [0.5, 0.6) is 0 Å². The highest BCUT2D eigenvalue weighted by Crippen LogP contribution is 2.33. The molecule has 6 nitrogen and oxygen atoms in total. The summed E-state index contributed by atoms with van der Waals surface area (Å²) < 4.78 is 22.9. The number of carbonyl (C=O) groups is 3. The van der Waals surface area contributed by atoms with Crippen LogP contribution in [0.3, 0.4) is 0 Å². The fourth-order valence-electron chi connectivity index (χ4n) is 2.90. The zero-order chi connectivity index (χ0) is 17.7. The van der Waals surface area contributed by atoms with Crippen LogP contribution in [0.15, 0.2) is 24.3 Å². The van der Waals surface area contributed by atoms with Gasteiger partial charge in [0.15, 0.2) is 0 Å². The molecular weight excluding hydrogens is 317 g/mol. The molecule has 1 fully saturated rings. The molecule has 0 bridgehead atoms. The van der Waals surface area contributed by atoms with E-state index in [1.54, 1.807) is 6.92 Å². The Labute approximate surface area is 139 Å². The highest BCUT2D eigenvalue weighted by Gasteiger charge is 2.42. The Morgan fingerprint density at radius 3 is 2.58 bits per heavy atom. The highest BCUT2D eigenvalue weighted by atomic mass is 19.1. The number of ether oxygens (including phenoxy) is 2. The number of rotatable bonds is 6. The van der Waals surface area contributed by atoms with Gasteiger partial charge >= 0.3 is 11.9 Å². The molecule has 0 aromatic heterocycles. The van der Waals surface area contributed by atoms with E-state index in [-0.39, 0.29) is 25.4 Å². The second-order valence-corrected chi connectivity index (χ2v) is 5.46. The number of hydrogen-bond donors (Lipinski definition) is 0. The predicted octanol–water partition coefficient (Wildman–Crippen LogP) is 1.98. The maximum Gasteiger partial charge on any atom is 0.328 e. The summed E-state index contributed by atoms with van der Waals surface area (Å²) in [6, 6.07) is 4.04. The zero-order valence-corrected chi connectivity index (χ0v) is 13.7. The second-order valence-electron chi connectivity index (χ2n) is 5.46. The van der Waals surface area contributed by atoms with E-state index >= 15 is 0 Å². The molecule has 1 aromatic carbocycles. The van der Waals surface area contributed by atoms with Crippen molar-refractivity contribution in [1.29, 1.82) is 0 Å². The van der Waals surface area contributed by atoms with Gasteiger partial charge in [-0.25, -0.2) is 9.18 Å². The molecule has 0 aliphatic carbocycles. The van der Waals surface area contributed by atoms with Crippen LogP contribution in [0.4, 0.5) is 4.39 Å². The number of hydrogen-bond acceptors (Lipinski definition) is 5. The van der Waals surface area contributed by atoms with Gasteiger partial charge in [-0.2, -0.15) is 0 Å². The van der Waals surface area contributed by atoms with Crippen molar-refractivity contribution in [3.05, 3.63) is 35.6 Å². The topological polar surface area (TPSA) is 72.9 Å². The molecule has 2 rings (SSSR count). The van der Waals surface area contributed by atoms with Crippen molar-refractivity contribution in [1.82, 2.24) is 4.90 Å². The van der Waals surface area contributed by atoms with Crippen LogP contribution in [0, 0.1) is 5.82 Å². The van der Waals surface area contributed by atoms with Crippen LogP contribution in [0.2, 0.25) is 0 Å². The van der Waals surface area contributed by atoms with Crippen LogP contribution in [0.25, 0.3) is 0 Å². The quantitative estimate of drug-likeness (QED) is 0.742. The Bertz CT molecular complexity index is 616. The Kier molecular flexibility index (Phi) is 5.89. The second kappa shape index (κ2) is 7.90. The smallest absolute Gasteiger partial charge is 0.328 e. The first-order valence-electron chi connectivity index (χ1n) is 7.78. The van der Waals surface area contributed by atoms with E-state index in [1.165, 1.54) is 36.3 Å². The summed E-state index contributed by atoms with van der Waals surface area (Å²) in [6.45, 7) is 1.90. The van der Waals surface area contributed by atoms with Gasteiger partial charge in [-0.3, -0.25) is 9.59 Å². The van der Waals surface area contributed by atoms with E-state index in [2.05, 4.69) is 0 Å². The van der Waals surface area contributed by atoms with E-state index in [0.717, 1.165) is 0 Å². The number of likely N-dealkylation sites (tertiary alicyclic amines) is 1. The van der Waals surface area contributed by atoms with E-state index < -0.39 is 29.8 Å². The lowest BCUT2D eigenvalue weighted by Crippen LogP contribution is -2.42. The summed E-state index contributed by atoms with van der Waals surface area (Å²) in [5.41, 5.74) is 0.564.